The molecule has 0 saturated heterocycles. The smallest absolute Gasteiger partial charge is 0.365 e. The van der Waals surface area contributed by atoms with Crippen LogP contribution in [-0.4, -0.2) is 23.5 Å². The molecule has 0 bridgehead atoms. The van der Waals surface area contributed by atoms with E-state index in [0.717, 1.165) is 36.1 Å². The van der Waals surface area contributed by atoms with E-state index in [1.807, 2.05) is 0 Å². The number of aromatic amines is 1. The minimum atomic E-state index is -4.54. The summed E-state index contributed by atoms with van der Waals surface area (Å²) in [5.74, 6) is -0.615. The second-order valence-electron chi connectivity index (χ2n) is 7.45. The lowest BCUT2D eigenvalue weighted by molar-refractivity contribution is -0.141. The van der Waals surface area contributed by atoms with Gasteiger partial charge in [-0.2, -0.15) is 13.2 Å². The SMILES string of the molecule is NC(=O)c1c(NC(=O)NCc2c(C(F)(F)F)[nH]c3c2CCNC3)sc2c1CCCC2. The highest BCUT2D eigenvalue weighted by molar-refractivity contribution is 7.17. The number of amides is 3. The Morgan fingerprint density at radius 2 is 1.90 bits per heavy atom. The van der Waals surface area contributed by atoms with Crippen LogP contribution in [0.4, 0.5) is 23.0 Å². The van der Waals surface area contributed by atoms with Crippen LogP contribution in [0.3, 0.4) is 0 Å². The molecule has 0 fully saturated rings. The van der Waals surface area contributed by atoms with E-state index < -0.39 is 23.8 Å². The third-order valence-electron chi connectivity index (χ3n) is 5.51. The van der Waals surface area contributed by atoms with E-state index in [1.165, 1.54) is 11.3 Å². The number of rotatable bonds is 4. The largest absolute Gasteiger partial charge is 0.431 e. The van der Waals surface area contributed by atoms with Gasteiger partial charge in [0, 0.05) is 29.2 Å². The predicted octanol–water partition coefficient (Wildman–Crippen LogP) is 3.04. The number of alkyl halides is 3. The first-order chi connectivity index (χ1) is 14.3. The summed E-state index contributed by atoms with van der Waals surface area (Å²) in [7, 11) is 0. The monoisotopic (exact) mass is 441 g/mol. The number of hydrogen-bond acceptors (Lipinski definition) is 4. The predicted molar refractivity (Wildman–Crippen MR) is 107 cm³/mol. The molecule has 3 amide bonds. The van der Waals surface area contributed by atoms with Crippen molar-refractivity contribution in [3.63, 3.8) is 0 Å². The third kappa shape index (κ3) is 3.91. The molecule has 30 heavy (non-hydrogen) atoms. The molecule has 0 unspecified atom stereocenters. The molecule has 0 radical (unpaired) electrons. The van der Waals surface area contributed by atoms with Crippen LogP contribution in [0.15, 0.2) is 0 Å². The van der Waals surface area contributed by atoms with Crippen LogP contribution in [0.2, 0.25) is 0 Å². The van der Waals surface area contributed by atoms with E-state index in [9.17, 15) is 22.8 Å². The fourth-order valence-corrected chi connectivity index (χ4v) is 5.47. The Balaban J connectivity index is 1.52. The summed E-state index contributed by atoms with van der Waals surface area (Å²) < 4.78 is 40.3. The van der Waals surface area contributed by atoms with Crippen molar-refractivity contribution in [3.8, 4) is 0 Å². The van der Waals surface area contributed by atoms with E-state index in [1.54, 1.807) is 0 Å². The van der Waals surface area contributed by atoms with Gasteiger partial charge in [-0.1, -0.05) is 0 Å². The first-order valence-corrected chi connectivity index (χ1v) is 10.6. The minimum absolute atomic E-state index is 0.0507. The first-order valence-electron chi connectivity index (χ1n) is 9.75. The zero-order chi connectivity index (χ0) is 21.5. The number of nitrogens with one attached hydrogen (secondary N) is 4. The van der Waals surface area contributed by atoms with Crippen molar-refractivity contribution in [2.75, 3.05) is 11.9 Å². The number of aromatic nitrogens is 1. The number of H-pyrrole nitrogens is 1. The van der Waals surface area contributed by atoms with Crippen molar-refractivity contribution >= 4 is 28.3 Å². The van der Waals surface area contributed by atoms with Crippen LogP contribution >= 0.6 is 11.3 Å². The van der Waals surface area contributed by atoms with Gasteiger partial charge in [-0.05, 0) is 49.8 Å². The van der Waals surface area contributed by atoms with Crippen molar-refractivity contribution < 1.29 is 22.8 Å². The standard InChI is InChI=1S/C19H22F3N5O2S/c20-19(21,22)15-11(9-5-6-24-8-12(9)26-15)7-25-18(29)27-17-14(16(23)28)10-3-1-2-4-13(10)30-17/h24,26H,1-8H2,(H2,23,28)(H2,25,27,29). The average molecular weight is 441 g/mol. The van der Waals surface area contributed by atoms with Gasteiger partial charge >= 0.3 is 12.2 Å². The van der Waals surface area contributed by atoms with Gasteiger partial charge in [-0.15, -0.1) is 11.3 Å². The number of primary amides is 1. The molecular weight excluding hydrogens is 419 g/mol. The normalized spacial score (nSPS) is 16.0. The number of thiophene rings is 1. The summed E-state index contributed by atoms with van der Waals surface area (Å²) in [5.41, 5.74) is 7.00. The van der Waals surface area contributed by atoms with Crippen LogP contribution in [0.5, 0.6) is 0 Å². The summed E-state index contributed by atoms with van der Waals surface area (Å²) in [6, 6.07) is -0.673. The molecule has 2 aliphatic rings. The van der Waals surface area contributed by atoms with E-state index >= 15 is 0 Å². The third-order valence-corrected chi connectivity index (χ3v) is 6.72. The number of hydrogen-bond donors (Lipinski definition) is 5. The number of carbonyl (C=O) groups excluding carboxylic acids is 2. The van der Waals surface area contributed by atoms with E-state index in [0.29, 0.717) is 41.3 Å². The lowest BCUT2D eigenvalue weighted by atomic mass is 9.95. The van der Waals surface area contributed by atoms with E-state index in [2.05, 4.69) is 20.9 Å². The maximum absolute atomic E-state index is 13.4. The van der Waals surface area contributed by atoms with E-state index in [4.69, 9.17) is 5.73 Å². The molecule has 1 aliphatic carbocycles. The van der Waals surface area contributed by atoms with Gasteiger partial charge in [0.05, 0.1) is 5.56 Å². The molecule has 0 aromatic carbocycles. The Hall–Kier alpha value is -2.53. The van der Waals surface area contributed by atoms with Crippen molar-refractivity contribution in [2.24, 2.45) is 5.73 Å². The van der Waals surface area contributed by atoms with Gasteiger partial charge in [-0.3, -0.25) is 10.1 Å². The lowest BCUT2D eigenvalue weighted by Crippen LogP contribution is -2.30. The number of urea groups is 1. The topological polar surface area (TPSA) is 112 Å². The van der Waals surface area contributed by atoms with Gasteiger partial charge < -0.3 is 21.4 Å². The fourth-order valence-electron chi connectivity index (χ4n) is 4.18. The van der Waals surface area contributed by atoms with Crippen molar-refractivity contribution in [2.45, 2.75) is 51.4 Å². The maximum atomic E-state index is 13.4. The zero-order valence-electron chi connectivity index (χ0n) is 16.1. The molecule has 1 aliphatic heterocycles. The van der Waals surface area contributed by atoms with Gasteiger partial charge in [0.15, 0.2) is 0 Å². The number of aryl methyl sites for hydroxylation is 1. The molecule has 7 nitrogen and oxygen atoms in total. The van der Waals surface area contributed by atoms with Crippen LogP contribution < -0.4 is 21.7 Å². The summed E-state index contributed by atoms with van der Waals surface area (Å²) in [4.78, 5) is 27.9. The highest BCUT2D eigenvalue weighted by atomic mass is 32.1. The molecule has 162 valence electrons. The Bertz CT molecular complexity index is 995. The number of halogens is 3. The summed E-state index contributed by atoms with van der Waals surface area (Å²) >= 11 is 1.31. The molecule has 0 spiro atoms. The van der Waals surface area contributed by atoms with Crippen molar-refractivity contribution in [1.29, 1.82) is 0 Å². The zero-order valence-corrected chi connectivity index (χ0v) is 16.9. The van der Waals surface area contributed by atoms with Crippen LogP contribution in [0, 0.1) is 0 Å². The highest BCUT2D eigenvalue weighted by Crippen LogP contribution is 2.38. The second-order valence-corrected chi connectivity index (χ2v) is 8.55. The summed E-state index contributed by atoms with van der Waals surface area (Å²) in [6.07, 6.45) is -0.594. The Morgan fingerprint density at radius 1 is 1.13 bits per heavy atom. The first kappa shape index (κ1) is 20.7. The second kappa shape index (κ2) is 7.95. The molecule has 2 aromatic heterocycles. The fraction of sp³-hybridized carbons (Fsp3) is 0.474. The van der Waals surface area contributed by atoms with Gasteiger partial charge in [0.1, 0.15) is 10.7 Å². The molecule has 0 atom stereocenters. The maximum Gasteiger partial charge on any atom is 0.431 e. The van der Waals surface area contributed by atoms with Crippen LogP contribution in [0.1, 0.15) is 56.2 Å². The molecule has 2 aromatic rings. The lowest BCUT2D eigenvalue weighted by Gasteiger charge is -2.15. The van der Waals surface area contributed by atoms with Crippen molar-refractivity contribution in [3.05, 3.63) is 38.5 Å². The minimum Gasteiger partial charge on any atom is -0.365 e. The number of anilines is 1. The number of fused-ring (bicyclic) bond motifs is 2. The quantitative estimate of drug-likeness (QED) is 0.503. The van der Waals surface area contributed by atoms with E-state index in [-0.39, 0.29) is 12.1 Å². The molecule has 6 N–H and O–H groups in total. The summed E-state index contributed by atoms with van der Waals surface area (Å²) in [6.45, 7) is 0.626. The number of carbonyl (C=O) groups is 2. The summed E-state index contributed by atoms with van der Waals surface area (Å²) in [5, 5.41) is 8.50. The Kier molecular flexibility index (Phi) is 5.49. The molecule has 11 heteroatoms. The Labute approximate surface area is 174 Å². The van der Waals surface area contributed by atoms with Crippen molar-refractivity contribution in [1.82, 2.24) is 15.6 Å². The number of nitrogens with two attached hydrogens (primary N) is 1. The van der Waals surface area contributed by atoms with Gasteiger partial charge in [0.25, 0.3) is 5.91 Å². The van der Waals surface area contributed by atoms with Crippen LogP contribution in [-0.2, 0) is 38.5 Å². The Morgan fingerprint density at radius 3 is 2.63 bits per heavy atom. The highest BCUT2D eigenvalue weighted by Gasteiger charge is 2.38. The van der Waals surface area contributed by atoms with Crippen LogP contribution in [0.25, 0.3) is 0 Å². The average Bonchev–Trinajstić information content (AvgIpc) is 3.24. The van der Waals surface area contributed by atoms with Gasteiger partial charge in [0.2, 0.25) is 0 Å². The molecule has 0 saturated carbocycles. The molecular formula is C19H22F3N5O2S. The van der Waals surface area contributed by atoms with Gasteiger partial charge in [-0.25, -0.2) is 4.79 Å². The molecule has 4 rings (SSSR count). The molecule has 3 heterocycles.